The van der Waals surface area contributed by atoms with Crippen molar-refractivity contribution in [2.24, 2.45) is 0 Å². The smallest absolute Gasteiger partial charge is 0.226 e. The molecule has 0 bridgehead atoms. The van der Waals surface area contributed by atoms with E-state index in [1.807, 2.05) is 24.0 Å². The Balaban J connectivity index is 1.48. The number of carbonyl (C=O) groups is 1. The summed E-state index contributed by atoms with van der Waals surface area (Å²) in [6.45, 7) is 3.31. The monoisotopic (exact) mass is 328 g/mol. The van der Waals surface area contributed by atoms with Crippen molar-refractivity contribution < 1.29 is 13.9 Å². The van der Waals surface area contributed by atoms with Gasteiger partial charge in [-0.15, -0.1) is 0 Å². The van der Waals surface area contributed by atoms with Crippen LogP contribution in [0.1, 0.15) is 24.1 Å². The number of halogens is 1. The van der Waals surface area contributed by atoms with Crippen LogP contribution in [-0.2, 0) is 11.2 Å². The van der Waals surface area contributed by atoms with Gasteiger partial charge >= 0.3 is 0 Å². The average Bonchev–Trinajstić information content (AvgIpc) is 2.59. The van der Waals surface area contributed by atoms with Crippen molar-refractivity contribution in [3.8, 4) is 5.75 Å². The first-order chi connectivity index (χ1) is 11.6. The summed E-state index contributed by atoms with van der Waals surface area (Å²) < 4.78 is 18.8. The first kappa shape index (κ1) is 16.4. The zero-order valence-electron chi connectivity index (χ0n) is 13.7. The number of hydrogen-bond donors (Lipinski definition) is 0. The van der Waals surface area contributed by atoms with Crippen LogP contribution in [0.5, 0.6) is 5.75 Å². The molecule has 1 saturated heterocycles. The van der Waals surface area contributed by atoms with Crippen molar-refractivity contribution in [3.63, 3.8) is 0 Å². The molecule has 4 nitrogen and oxygen atoms in total. The van der Waals surface area contributed by atoms with E-state index < -0.39 is 0 Å². The highest BCUT2D eigenvalue weighted by molar-refractivity contribution is 5.78. The van der Waals surface area contributed by atoms with E-state index in [0.717, 1.165) is 29.8 Å². The second kappa shape index (κ2) is 7.43. The molecular weight excluding hydrogens is 307 g/mol. The van der Waals surface area contributed by atoms with Crippen molar-refractivity contribution in [1.29, 1.82) is 0 Å². The van der Waals surface area contributed by atoms with Crippen LogP contribution in [0.15, 0.2) is 42.6 Å². The van der Waals surface area contributed by atoms with E-state index in [1.54, 1.807) is 18.3 Å². The van der Waals surface area contributed by atoms with Crippen molar-refractivity contribution in [3.05, 3.63) is 59.7 Å². The molecule has 1 aromatic heterocycles. The number of piperidine rings is 1. The van der Waals surface area contributed by atoms with Gasteiger partial charge in [-0.3, -0.25) is 9.78 Å². The lowest BCUT2D eigenvalue weighted by molar-refractivity contribution is -0.132. The highest BCUT2D eigenvalue weighted by atomic mass is 19.1. The Bertz CT molecular complexity index is 678. The molecule has 5 heteroatoms. The van der Waals surface area contributed by atoms with Crippen LogP contribution >= 0.6 is 0 Å². The van der Waals surface area contributed by atoms with E-state index in [9.17, 15) is 9.18 Å². The zero-order chi connectivity index (χ0) is 16.9. The van der Waals surface area contributed by atoms with Crippen molar-refractivity contribution in [1.82, 2.24) is 9.88 Å². The molecule has 1 aliphatic heterocycles. The molecule has 0 aliphatic carbocycles. The SMILES string of the molecule is Cc1ccc(OC2CCN(C(=O)Cc3ccc(F)cc3)CC2)cn1. The minimum atomic E-state index is -0.283. The van der Waals surface area contributed by atoms with Gasteiger partial charge in [0.2, 0.25) is 5.91 Å². The van der Waals surface area contributed by atoms with Crippen LogP contribution in [-0.4, -0.2) is 35.0 Å². The van der Waals surface area contributed by atoms with Crippen molar-refractivity contribution in [2.45, 2.75) is 32.3 Å². The largest absolute Gasteiger partial charge is 0.489 e. The predicted octanol–water partition coefficient (Wildman–Crippen LogP) is 3.14. The second-order valence-electron chi connectivity index (χ2n) is 6.14. The third-order valence-electron chi connectivity index (χ3n) is 4.25. The molecule has 0 saturated carbocycles. The Morgan fingerprint density at radius 3 is 2.54 bits per heavy atom. The molecule has 0 spiro atoms. The number of hydrogen-bond acceptors (Lipinski definition) is 3. The first-order valence-corrected chi connectivity index (χ1v) is 8.22. The number of likely N-dealkylation sites (tertiary alicyclic amines) is 1. The summed E-state index contributed by atoms with van der Waals surface area (Å²) in [6, 6.07) is 9.95. The molecule has 2 aromatic rings. The molecule has 0 radical (unpaired) electrons. The lowest BCUT2D eigenvalue weighted by Crippen LogP contribution is -2.42. The fourth-order valence-electron chi connectivity index (χ4n) is 2.83. The van der Waals surface area contributed by atoms with Gasteiger partial charge in [0.05, 0.1) is 12.6 Å². The zero-order valence-corrected chi connectivity index (χ0v) is 13.7. The molecule has 0 N–H and O–H groups in total. The third kappa shape index (κ3) is 4.31. The molecule has 1 aliphatic rings. The maximum Gasteiger partial charge on any atom is 0.226 e. The van der Waals surface area contributed by atoms with Crippen molar-refractivity contribution in [2.75, 3.05) is 13.1 Å². The molecule has 126 valence electrons. The maximum absolute atomic E-state index is 12.9. The van der Waals surface area contributed by atoms with Crippen LogP contribution in [0.4, 0.5) is 4.39 Å². The second-order valence-corrected chi connectivity index (χ2v) is 6.14. The number of aryl methyl sites for hydroxylation is 1. The van der Waals surface area contributed by atoms with Crippen LogP contribution < -0.4 is 4.74 Å². The van der Waals surface area contributed by atoms with Gasteiger partial charge in [-0.1, -0.05) is 12.1 Å². The fourth-order valence-corrected chi connectivity index (χ4v) is 2.83. The summed E-state index contributed by atoms with van der Waals surface area (Å²) in [7, 11) is 0. The van der Waals surface area contributed by atoms with Crippen LogP contribution in [0.2, 0.25) is 0 Å². The Morgan fingerprint density at radius 1 is 1.21 bits per heavy atom. The number of rotatable bonds is 4. The maximum atomic E-state index is 12.9. The van der Waals surface area contributed by atoms with E-state index in [1.165, 1.54) is 12.1 Å². The van der Waals surface area contributed by atoms with Crippen LogP contribution in [0.3, 0.4) is 0 Å². The molecule has 0 unspecified atom stereocenters. The summed E-state index contributed by atoms with van der Waals surface area (Å²) in [5.74, 6) is 0.573. The lowest BCUT2D eigenvalue weighted by atomic mass is 10.1. The van der Waals surface area contributed by atoms with Gasteiger partial charge in [-0.25, -0.2) is 4.39 Å². The molecule has 3 rings (SSSR count). The summed E-state index contributed by atoms with van der Waals surface area (Å²) in [6.07, 6.45) is 3.78. The lowest BCUT2D eigenvalue weighted by Gasteiger charge is -2.32. The number of carbonyl (C=O) groups excluding carboxylic acids is 1. The normalized spacial score (nSPS) is 15.3. The van der Waals surface area contributed by atoms with Gasteiger partial charge in [0.1, 0.15) is 17.7 Å². The highest BCUT2D eigenvalue weighted by Crippen LogP contribution is 2.19. The number of ether oxygens (including phenoxy) is 1. The Kier molecular flexibility index (Phi) is 5.08. The van der Waals surface area contributed by atoms with E-state index >= 15 is 0 Å². The van der Waals surface area contributed by atoms with Gasteiger partial charge in [-0.2, -0.15) is 0 Å². The van der Waals surface area contributed by atoms with E-state index in [4.69, 9.17) is 4.74 Å². The molecule has 1 aromatic carbocycles. The molecule has 24 heavy (non-hydrogen) atoms. The fraction of sp³-hybridized carbons (Fsp3) is 0.368. The highest BCUT2D eigenvalue weighted by Gasteiger charge is 2.24. The van der Waals surface area contributed by atoms with Gasteiger partial charge in [-0.05, 0) is 36.8 Å². The number of amides is 1. The summed E-state index contributed by atoms with van der Waals surface area (Å²) >= 11 is 0. The Labute approximate surface area is 141 Å². The number of aromatic nitrogens is 1. The quantitative estimate of drug-likeness (QED) is 0.866. The average molecular weight is 328 g/mol. The number of pyridine rings is 1. The molecule has 1 fully saturated rings. The minimum absolute atomic E-state index is 0.0806. The van der Waals surface area contributed by atoms with Crippen LogP contribution in [0.25, 0.3) is 0 Å². The summed E-state index contributed by atoms with van der Waals surface area (Å²) in [5.41, 5.74) is 1.80. The van der Waals surface area contributed by atoms with Crippen molar-refractivity contribution >= 4 is 5.91 Å². The standard InChI is InChI=1S/C19H21FN2O2/c1-14-2-7-18(13-21-14)24-17-8-10-22(11-9-17)19(23)12-15-3-5-16(20)6-4-15/h2-7,13,17H,8-12H2,1H3. The van der Waals surface area contributed by atoms with Gasteiger partial charge < -0.3 is 9.64 Å². The van der Waals surface area contributed by atoms with E-state index in [2.05, 4.69) is 4.98 Å². The van der Waals surface area contributed by atoms with E-state index in [-0.39, 0.29) is 17.8 Å². The molecule has 2 heterocycles. The topological polar surface area (TPSA) is 42.4 Å². The van der Waals surface area contributed by atoms with Gasteiger partial charge in [0, 0.05) is 31.6 Å². The molecular formula is C19H21FN2O2. The predicted molar refractivity (Wildman–Crippen MR) is 89.3 cm³/mol. The molecule has 1 amide bonds. The summed E-state index contributed by atoms with van der Waals surface area (Å²) in [4.78, 5) is 18.4. The van der Waals surface area contributed by atoms with Gasteiger partial charge in [0.15, 0.2) is 0 Å². The number of benzene rings is 1. The van der Waals surface area contributed by atoms with E-state index in [0.29, 0.717) is 19.5 Å². The first-order valence-electron chi connectivity index (χ1n) is 8.22. The Morgan fingerprint density at radius 2 is 1.92 bits per heavy atom. The minimum Gasteiger partial charge on any atom is -0.489 e. The van der Waals surface area contributed by atoms with Crippen LogP contribution in [0, 0.1) is 12.7 Å². The summed E-state index contributed by atoms with van der Waals surface area (Å²) in [5, 5.41) is 0. The molecule has 0 atom stereocenters. The number of nitrogens with zero attached hydrogens (tertiary/aromatic N) is 2. The Hall–Kier alpha value is -2.43. The third-order valence-corrected chi connectivity index (χ3v) is 4.25. The van der Waals surface area contributed by atoms with Gasteiger partial charge in [0.25, 0.3) is 0 Å².